The largest absolute Gasteiger partial charge is 0.341 e. The van der Waals surface area contributed by atoms with Crippen molar-refractivity contribution < 1.29 is 4.79 Å². The van der Waals surface area contributed by atoms with Gasteiger partial charge in [0, 0.05) is 38.4 Å². The Bertz CT molecular complexity index is 605. The van der Waals surface area contributed by atoms with Crippen molar-refractivity contribution in [2.24, 2.45) is 0 Å². The molecule has 22 heavy (non-hydrogen) atoms. The van der Waals surface area contributed by atoms with Crippen LogP contribution in [0.4, 0.5) is 0 Å². The summed E-state index contributed by atoms with van der Waals surface area (Å²) in [5, 5.41) is 4.05. The van der Waals surface area contributed by atoms with Crippen molar-refractivity contribution in [3.05, 3.63) is 30.9 Å². The van der Waals surface area contributed by atoms with Gasteiger partial charge in [-0.1, -0.05) is 0 Å². The van der Waals surface area contributed by atoms with Crippen LogP contribution in [0, 0.1) is 6.92 Å². The van der Waals surface area contributed by atoms with E-state index in [4.69, 9.17) is 0 Å². The van der Waals surface area contributed by atoms with Gasteiger partial charge in [0.25, 0.3) is 0 Å². The fourth-order valence-corrected chi connectivity index (χ4v) is 3.08. The van der Waals surface area contributed by atoms with Gasteiger partial charge < -0.3 is 9.47 Å². The lowest BCUT2D eigenvalue weighted by atomic mass is 10.0. The van der Waals surface area contributed by atoms with Crippen molar-refractivity contribution >= 4 is 5.91 Å². The Balaban J connectivity index is 1.51. The second kappa shape index (κ2) is 6.72. The second-order valence-electron chi connectivity index (χ2n) is 5.78. The van der Waals surface area contributed by atoms with Gasteiger partial charge in [-0.3, -0.25) is 9.48 Å². The molecular weight excluding hydrogens is 280 g/mol. The molecule has 2 aromatic rings. The molecule has 0 N–H and O–H groups in total. The Hall–Kier alpha value is -2.18. The van der Waals surface area contributed by atoms with Crippen LogP contribution in [0.1, 0.15) is 37.5 Å². The average molecular weight is 302 g/mol. The van der Waals surface area contributed by atoms with Gasteiger partial charge in [-0.15, -0.1) is 0 Å². The summed E-state index contributed by atoms with van der Waals surface area (Å²) in [4.78, 5) is 22.6. The number of imidazole rings is 1. The van der Waals surface area contributed by atoms with Gasteiger partial charge in [-0.2, -0.15) is 5.10 Å². The van der Waals surface area contributed by atoms with Crippen LogP contribution in [-0.2, 0) is 11.3 Å². The highest BCUT2D eigenvalue weighted by atomic mass is 16.2. The number of likely N-dealkylation sites (tertiary alicyclic amines) is 1. The predicted molar refractivity (Wildman–Crippen MR) is 81.1 cm³/mol. The molecule has 2 aromatic heterocycles. The second-order valence-corrected chi connectivity index (χ2v) is 5.78. The minimum atomic E-state index is 0.239. The summed E-state index contributed by atoms with van der Waals surface area (Å²) >= 11 is 0. The number of hydrogen-bond donors (Lipinski definition) is 0. The van der Waals surface area contributed by atoms with Crippen LogP contribution in [0.15, 0.2) is 25.0 Å². The summed E-state index contributed by atoms with van der Waals surface area (Å²) in [5.74, 6) is 1.26. The topological polar surface area (TPSA) is 68.8 Å². The van der Waals surface area contributed by atoms with E-state index in [0.717, 1.165) is 44.7 Å². The molecule has 1 saturated heterocycles. The first-order chi connectivity index (χ1) is 10.7. The number of hydrogen-bond acceptors (Lipinski definition) is 4. The number of carbonyl (C=O) groups excluding carboxylic acids is 1. The molecule has 7 heteroatoms. The molecule has 0 aliphatic carbocycles. The number of amides is 1. The molecule has 1 amide bonds. The van der Waals surface area contributed by atoms with E-state index in [9.17, 15) is 4.79 Å². The Morgan fingerprint density at radius 2 is 2.36 bits per heavy atom. The minimum Gasteiger partial charge on any atom is -0.341 e. The third-order valence-corrected chi connectivity index (χ3v) is 4.25. The third kappa shape index (κ3) is 3.35. The average Bonchev–Trinajstić information content (AvgIpc) is 3.19. The maximum absolute atomic E-state index is 12.4. The molecule has 1 aliphatic rings. The maximum Gasteiger partial charge on any atom is 0.222 e. The van der Waals surface area contributed by atoms with Gasteiger partial charge in [-0.25, -0.2) is 9.97 Å². The summed E-state index contributed by atoms with van der Waals surface area (Å²) in [6, 6.07) is 0.357. The number of rotatable bonds is 5. The normalized spacial score (nSPS) is 18.6. The lowest BCUT2D eigenvalue weighted by molar-refractivity contribution is -0.133. The Kier molecular flexibility index (Phi) is 4.50. The number of aryl methyl sites for hydroxylation is 2. The van der Waals surface area contributed by atoms with E-state index >= 15 is 0 Å². The van der Waals surface area contributed by atoms with E-state index in [1.807, 2.05) is 24.2 Å². The van der Waals surface area contributed by atoms with Crippen molar-refractivity contribution in [3.63, 3.8) is 0 Å². The molecule has 0 saturated carbocycles. The first-order valence-electron chi connectivity index (χ1n) is 7.83. The molecule has 0 aromatic carbocycles. The molecular formula is C15H22N6O. The van der Waals surface area contributed by atoms with Crippen LogP contribution in [0.25, 0.3) is 0 Å². The van der Waals surface area contributed by atoms with Crippen LogP contribution in [0.5, 0.6) is 0 Å². The molecule has 0 bridgehead atoms. The molecule has 7 nitrogen and oxygen atoms in total. The van der Waals surface area contributed by atoms with Gasteiger partial charge in [-0.05, 0) is 26.2 Å². The standard InChI is InChI=1S/C15H22N6O/c1-13-17-6-9-21(13)14-4-2-7-19(10-14)15(22)5-3-8-20-12-16-11-18-20/h6,9,11-12,14H,2-5,7-8,10H2,1H3. The fraction of sp³-hybridized carbons (Fsp3) is 0.600. The number of nitrogens with zero attached hydrogens (tertiary/aromatic N) is 6. The number of carbonyl (C=O) groups is 1. The van der Waals surface area contributed by atoms with E-state index < -0.39 is 0 Å². The monoisotopic (exact) mass is 302 g/mol. The molecule has 0 radical (unpaired) electrons. The fourth-order valence-electron chi connectivity index (χ4n) is 3.08. The number of aromatic nitrogens is 5. The van der Waals surface area contributed by atoms with E-state index in [-0.39, 0.29) is 5.91 Å². The molecule has 3 heterocycles. The lowest BCUT2D eigenvalue weighted by Crippen LogP contribution is -2.40. The zero-order valence-electron chi connectivity index (χ0n) is 12.9. The first kappa shape index (κ1) is 14.7. The van der Waals surface area contributed by atoms with Crippen LogP contribution >= 0.6 is 0 Å². The molecule has 0 spiro atoms. The smallest absolute Gasteiger partial charge is 0.222 e. The SMILES string of the molecule is Cc1nccn1C1CCCN(C(=O)CCCn2cncn2)C1. The van der Waals surface area contributed by atoms with Gasteiger partial charge >= 0.3 is 0 Å². The van der Waals surface area contributed by atoms with Gasteiger partial charge in [0.15, 0.2) is 0 Å². The molecule has 3 rings (SSSR count). The van der Waals surface area contributed by atoms with Gasteiger partial charge in [0.2, 0.25) is 5.91 Å². The summed E-state index contributed by atoms with van der Waals surface area (Å²) in [5.41, 5.74) is 0. The van der Waals surface area contributed by atoms with E-state index in [1.165, 1.54) is 6.33 Å². The third-order valence-electron chi connectivity index (χ3n) is 4.25. The Morgan fingerprint density at radius 3 is 3.09 bits per heavy atom. The van der Waals surface area contributed by atoms with Crippen molar-refractivity contribution in [3.8, 4) is 0 Å². The molecule has 1 unspecified atom stereocenters. The van der Waals surface area contributed by atoms with Gasteiger partial charge in [0.05, 0.1) is 6.04 Å². The summed E-state index contributed by atoms with van der Waals surface area (Å²) < 4.78 is 3.95. The van der Waals surface area contributed by atoms with Crippen LogP contribution in [-0.4, -0.2) is 48.2 Å². The van der Waals surface area contributed by atoms with Gasteiger partial charge in [0.1, 0.15) is 18.5 Å². The van der Waals surface area contributed by atoms with Crippen molar-refractivity contribution in [2.45, 2.75) is 45.2 Å². The van der Waals surface area contributed by atoms with Crippen LogP contribution < -0.4 is 0 Å². The molecule has 1 atom stereocenters. The zero-order valence-corrected chi connectivity index (χ0v) is 12.9. The van der Waals surface area contributed by atoms with Crippen LogP contribution in [0.2, 0.25) is 0 Å². The lowest BCUT2D eigenvalue weighted by Gasteiger charge is -2.34. The summed E-state index contributed by atoms with van der Waals surface area (Å²) in [6.07, 6.45) is 10.6. The molecule has 1 aliphatic heterocycles. The van der Waals surface area contributed by atoms with Crippen molar-refractivity contribution in [1.82, 2.24) is 29.2 Å². The van der Waals surface area contributed by atoms with Crippen molar-refractivity contribution in [1.29, 1.82) is 0 Å². The highest BCUT2D eigenvalue weighted by Crippen LogP contribution is 2.23. The molecule has 1 fully saturated rings. The highest BCUT2D eigenvalue weighted by molar-refractivity contribution is 5.76. The zero-order chi connectivity index (χ0) is 15.4. The van der Waals surface area contributed by atoms with E-state index in [2.05, 4.69) is 19.6 Å². The maximum atomic E-state index is 12.4. The Labute approximate surface area is 130 Å². The first-order valence-corrected chi connectivity index (χ1v) is 7.83. The Morgan fingerprint density at radius 1 is 1.45 bits per heavy atom. The number of piperidine rings is 1. The quantitative estimate of drug-likeness (QED) is 0.838. The minimum absolute atomic E-state index is 0.239. The van der Waals surface area contributed by atoms with E-state index in [0.29, 0.717) is 12.5 Å². The van der Waals surface area contributed by atoms with Crippen molar-refractivity contribution in [2.75, 3.05) is 13.1 Å². The van der Waals surface area contributed by atoms with Crippen LogP contribution in [0.3, 0.4) is 0 Å². The summed E-state index contributed by atoms with van der Waals surface area (Å²) in [7, 11) is 0. The summed E-state index contributed by atoms with van der Waals surface area (Å²) in [6.45, 7) is 4.41. The van der Waals surface area contributed by atoms with E-state index in [1.54, 1.807) is 11.0 Å². The predicted octanol–water partition coefficient (Wildman–Crippen LogP) is 1.43. The molecule has 118 valence electrons. The highest BCUT2D eigenvalue weighted by Gasteiger charge is 2.24.